The molecule has 4 rings (SSSR count). The van der Waals surface area contributed by atoms with Gasteiger partial charge < -0.3 is 20.7 Å². The number of carbonyl (C=O) groups is 2. The fourth-order valence-corrected chi connectivity index (χ4v) is 2.91. The van der Waals surface area contributed by atoms with Gasteiger partial charge in [0.05, 0.1) is 6.20 Å². The molecule has 37 heavy (non-hydrogen) atoms. The first-order valence-corrected chi connectivity index (χ1v) is 10.6. The number of hydrogen-bond acceptors (Lipinski definition) is 8. The zero-order valence-corrected chi connectivity index (χ0v) is 19.1. The highest BCUT2D eigenvalue weighted by molar-refractivity contribution is 6.41. The van der Waals surface area contributed by atoms with Gasteiger partial charge in [-0.3, -0.25) is 9.59 Å². The van der Waals surface area contributed by atoms with Crippen LogP contribution in [0.5, 0.6) is 5.75 Å². The zero-order valence-electron chi connectivity index (χ0n) is 18.4. The van der Waals surface area contributed by atoms with E-state index >= 15 is 0 Å². The minimum absolute atomic E-state index is 0.441. The predicted molar refractivity (Wildman–Crippen MR) is 123 cm³/mol. The second-order valence-electron chi connectivity index (χ2n) is 7.18. The van der Waals surface area contributed by atoms with E-state index in [9.17, 15) is 35.9 Å². The third-order valence-corrected chi connectivity index (χ3v) is 4.66. The van der Waals surface area contributed by atoms with E-state index in [0.717, 1.165) is 22.8 Å². The molecule has 1 aliphatic heterocycles. The summed E-state index contributed by atoms with van der Waals surface area (Å²) in [5.74, 6) is -5.05. The highest BCUT2D eigenvalue weighted by atomic mass is 35.5. The fraction of sp³-hybridized carbons (Fsp3) is 0.182. The second-order valence-corrected chi connectivity index (χ2v) is 7.58. The Morgan fingerprint density at radius 2 is 1.46 bits per heavy atom. The van der Waals surface area contributed by atoms with Crippen LogP contribution >= 0.6 is 11.6 Å². The average Bonchev–Trinajstić information content (AvgIpc) is 2.82. The molecule has 0 radical (unpaired) electrons. The minimum atomic E-state index is -5.77. The van der Waals surface area contributed by atoms with Crippen molar-refractivity contribution in [3.05, 3.63) is 59.8 Å². The maximum absolute atomic E-state index is 11.2. The highest BCUT2D eigenvalue weighted by Crippen LogP contribution is 2.28. The van der Waals surface area contributed by atoms with Gasteiger partial charge in [0.1, 0.15) is 17.4 Å². The topological polar surface area (TPSA) is 105 Å². The number of ketones is 2. The number of nitrogens with zero attached hydrogens (tertiary/aromatic N) is 2. The molecule has 2 aromatic carbocycles. The summed E-state index contributed by atoms with van der Waals surface area (Å²) in [4.78, 5) is 27.9. The maximum Gasteiger partial charge on any atom is 0.458 e. The Hall–Kier alpha value is -4.07. The molecular formula is C22H16ClF6N5O3. The normalized spacial score (nSPS) is 13.1. The maximum atomic E-state index is 11.2. The molecule has 0 amide bonds. The largest absolute Gasteiger partial charge is 0.492 e. The second kappa shape index (κ2) is 11.3. The Morgan fingerprint density at radius 1 is 0.865 bits per heavy atom. The third kappa shape index (κ3) is 7.96. The number of hydrogen-bond donors (Lipinski definition) is 3. The first-order valence-electron chi connectivity index (χ1n) is 10.2. The van der Waals surface area contributed by atoms with E-state index in [4.69, 9.17) is 16.3 Å². The number of Topliss-reactive ketones (excluding diaryl/α,β-unsaturated/α-hetero) is 2. The molecule has 196 valence electrons. The molecule has 3 aromatic rings. The van der Waals surface area contributed by atoms with E-state index in [1.165, 1.54) is 0 Å². The van der Waals surface area contributed by atoms with E-state index in [0.29, 0.717) is 29.9 Å². The first-order chi connectivity index (χ1) is 17.3. The molecule has 0 saturated carbocycles. The summed E-state index contributed by atoms with van der Waals surface area (Å²) in [6.45, 7) is 1.24. The lowest BCUT2D eigenvalue weighted by atomic mass is 10.2. The molecule has 0 unspecified atom stereocenters. The van der Waals surface area contributed by atoms with Gasteiger partial charge in [-0.1, -0.05) is 23.7 Å². The van der Waals surface area contributed by atoms with Crippen molar-refractivity contribution in [2.75, 3.05) is 29.1 Å². The average molecular weight is 548 g/mol. The van der Waals surface area contributed by atoms with Crippen LogP contribution in [0.4, 0.5) is 55.2 Å². The van der Waals surface area contributed by atoms with Crippen LogP contribution in [0, 0.1) is 0 Å². The van der Waals surface area contributed by atoms with Crippen molar-refractivity contribution >= 4 is 52.0 Å². The Bertz CT molecular complexity index is 1260. The molecule has 6 bridgehead atoms. The van der Waals surface area contributed by atoms with Crippen LogP contribution in [0.15, 0.2) is 54.7 Å². The minimum Gasteiger partial charge on any atom is -0.492 e. The highest BCUT2D eigenvalue weighted by Gasteiger charge is 2.54. The van der Waals surface area contributed by atoms with Gasteiger partial charge in [0.2, 0.25) is 5.95 Å². The Balaban J connectivity index is 0.000000270. The molecule has 8 nitrogen and oxygen atoms in total. The van der Waals surface area contributed by atoms with Crippen LogP contribution in [0.2, 0.25) is 5.02 Å². The standard InChI is InChI=1S/C18H16ClN5O.C4F6O2/c19-16-11-21-18-23-13-4-1-3-12(9-13)20-7-8-25-15-6-2-5-14(10-15)22-17(16)24-18;5-3(6,7)1(11)2(12)4(8,9)10/h1-6,9-11,20H,7-8H2,(H2,21,22,23,24);. The number of fused-ring (bicyclic) bond motifs is 6. The molecular weight excluding hydrogens is 532 g/mol. The van der Waals surface area contributed by atoms with Gasteiger partial charge in [0.25, 0.3) is 0 Å². The van der Waals surface area contributed by atoms with Crippen molar-refractivity contribution in [2.45, 2.75) is 12.4 Å². The van der Waals surface area contributed by atoms with Crippen molar-refractivity contribution < 1.29 is 40.7 Å². The Morgan fingerprint density at radius 3 is 2.11 bits per heavy atom. The van der Waals surface area contributed by atoms with Gasteiger partial charge in [-0.25, -0.2) is 4.98 Å². The van der Waals surface area contributed by atoms with E-state index < -0.39 is 23.9 Å². The monoisotopic (exact) mass is 547 g/mol. The van der Waals surface area contributed by atoms with E-state index in [2.05, 4.69) is 25.9 Å². The summed E-state index contributed by atoms with van der Waals surface area (Å²) in [6.07, 6.45) is -9.97. The summed E-state index contributed by atoms with van der Waals surface area (Å²) in [5, 5.41) is 10.2. The number of rotatable bonds is 1. The quantitative estimate of drug-likeness (QED) is 0.264. The number of benzene rings is 2. The predicted octanol–water partition coefficient (Wildman–Crippen LogP) is 5.67. The van der Waals surface area contributed by atoms with Crippen LogP contribution in [-0.4, -0.2) is 47.0 Å². The van der Waals surface area contributed by atoms with E-state index in [1.807, 2.05) is 48.5 Å². The number of halogens is 7. The van der Waals surface area contributed by atoms with E-state index in [1.54, 1.807) is 6.20 Å². The molecule has 0 spiro atoms. The summed E-state index contributed by atoms with van der Waals surface area (Å²) in [6, 6.07) is 15.6. The summed E-state index contributed by atoms with van der Waals surface area (Å²) < 4.78 is 72.8. The van der Waals surface area contributed by atoms with Crippen molar-refractivity contribution in [2.24, 2.45) is 0 Å². The van der Waals surface area contributed by atoms with Gasteiger partial charge in [0, 0.05) is 29.7 Å². The first kappa shape index (κ1) is 27.5. The van der Waals surface area contributed by atoms with Gasteiger partial charge in [-0.05, 0) is 30.3 Å². The van der Waals surface area contributed by atoms with Crippen molar-refractivity contribution in [3.8, 4) is 5.75 Å². The van der Waals surface area contributed by atoms with Crippen molar-refractivity contribution in [3.63, 3.8) is 0 Å². The van der Waals surface area contributed by atoms with Crippen LogP contribution in [-0.2, 0) is 9.59 Å². The molecule has 1 aliphatic rings. The van der Waals surface area contributed by atoms with Crippen molar-refractivity contribution in [1.82, 2.24) is 9.97 Å². The van der Waals surface area contributed by atoms with Crippen LogP contribution < -0.4 is 20.7 Å². The summed E-state index contributed by atoms with van der Waals surface area (Å²) in [5.41, 5.74) is 2.71. The molecule has 1 aromatic heterocycles. The molecule has 0 saturated heterocycles. The summed E-state index contributed by atoms with van der Waals surface area (Å²) in [7, 11) is 0. The van der Waals surface area contributed by atoms with Crippen molar-refractivity contribution in [1.29, 1.82) is 0 Å². The van der Waals surface area contributed by atoms with Gasteiger partial charge in [0.15, 0.2) is 5.82 Å². The van der Waals surface area contributed by atoms with Crippen LogP contribution in [0.25, 0.3) is 0 Å². The smallest absolute Gasteiger partial charge is 0.458 e. The molecule has 0 fully saturated rings. The zero-order chi connectivity index (χ0) is 27.2. The number of carbonyl (C=O) groups excluding carboxylic acids is 2. The van der Waals surface area contributed by atoms with E-state index in [-0.39, 0.29) is 0 Å². The molecule has 0 atom stereocenters. The van der Waals surface area contributed by atoms with Gasteiger partial charge in [-0.15, -0.1) is 0 Å². The van der Waals surface area contributed by atoms with Crippen LogP contribution in [0.1, 0.15) is 0 Å². The lowest BCUT2D eigenvalue weighted by Crippen LogP contribution is -2.39. The molecule has 2 heterocycles. The lowest BCUT2D eigenvalue weighted by Gasteiger charge is -2.11. The number of anilines is 5. The molecule has 0 aliphatic carbocycles. The number of nitrogens with one attached hydrogen (secondary N) is 3. The Labute approximate surface area is 210 Å². The van der Waals surface area contributed by atoms with Crippen LogP contribution in [0.3, 0.4) is 0 Å². The number of ether oxygens (including phenoxy) is 1. The van der Waals surface area contributed by atoms with Gasteiger partial charge >= 0.3 is 23.9 Å². The number of alkyl halides is 6. The third-order valence-electron chi connectivity index (χ3n) is 4.38. The SMILES string of the molecule is Clc1cnc2nc1Nc1cccc(c1)OCCNc1cccc(c1)N2.O=C(C(=O)C(F)(F)F)C(F)(F)F. The number of aromatic nitrogens is 2. The molecule has 3 N–H and O–H groups in total. The van der Waals surface area contributed by atoms with Gasteiger partial charge in [-0.2, -0.15) is 31.3 Å². The molecule has 15 heteroatoms. The fourth-order valence-electron chi connectivity index (χ4n) is 2.77. The summed E-state index contributed by atoms with van der Waals surface area (Å²) >= 11 is 6.23. The lowest BCUT2D eigenvalue weighted by molar-refractivity contribution is -0.193. The Kier molecular flexibility index (Phi) is 8.42.